The van der Waals surface area contributed by atoms with Crippen LogP contribution in [0.3, 0.4) is 0 Å². The smallest absolute Gasteiger partial charge is 0.224 e. The Labute approximate surface area is 157 Å². The molecule has 1 amide bonds. The lowest BCUT2D eigenvalue weighted by molar-refractivity contribution is -0.133. The minimum absolute atomic E-state index is 0.160. The van der Waals surface area contributed by atoms with Gasteiger partial charge in [0.05, 0.1) is 19.3 Å². The van der Waals surface area contributed by atoms with Gasteiger partial charge in [-0.1, -0.05) is 30.3 Å². The van der Waals surface area contributed by atoms with E-state index in [4.69, 9.17) is 4.42 Å². The fourth-order valence-electron chi connectivity index (χ4n) is 3.18. The van der Waals surface area contributed by atoms with Gasteiger partial charge in [0.15, 0.2) is 5.76 Å². The Morgan fingerprint density at radius 3 is 2.67 bits per heavy atom. The predicted octanol–water partition coefficient (Wildman–Crippen LogP) is 1.67. The van der Waals surface area contributed by atoms with Gasteiger partial charge >= 0.3 is 0 Å². The molecule has 27 heavy (non-hydrogen) atoms. The molecule has 8 nitrogen and oxygen atoms in total. The largest absolute Gasteiger partial charge is 0.439 e. The molecule has 3 heterocycles. The number of benzene rings is 1. The third-order valence-electron chi connectivity index (χ3n) is 4.72. The van der Waals surface area contributed by atoms with Crippen molar-refractivity contribution in [3.8, 4) is 11.3 Å². The van der Waals surface area contributed by atoms with Crippen LogP contribution >= 0.6 is 0 Å². The first kappa shape index (κ1) is 17.4. The summed E-state index contributed by atoms with van der Waals surface area (Å²) in [7, 11) is 0. The van der Waals surface area contributed by atoms with Crippen molar-refractivity contribution in [3.63, 3.8) is 0 Å². The van der Waals surface area contributed by atoms with E-state index in [0.717, 1.165) is 37.5 Å². The highest BCUT2D eigenvalue weighted by Gasteiger charge is 2.22. The van der Waals surface area contributed by atoms with E-state index in [1.165, 1.54) is 6.33 Å². The summed E-state index contributed by atoms with van der Waals surface area (Å²) in [5.74, 6) is 1.65. The molecule has 3 aromatic rings. The van der Waals surface area contributed by atoms with Crippen LogP contribution in [0.4, 0.5) is 0 Å². The number of hydrogen-bond donors (Lipinski definition) is 0. The molecule has 4 rings (SSSR count). The Morgan fingerprint density at radius 2 is 1.93 bits per heavy atom. The summed E-state index contributed by atoms with van der Waals surface area (Å²) in [6.07, 6.45) is 5.33. The zero-order valence-electron chi connectivity index (χ0n) is 15.1. The van der Waals surface area contributed by atoms with Crippen molar-refractivity contribution in [2.45, 2.75) is 19.5 Å². The number of piperazine rings is 1. The van der Waals surface area contributed by atoms with Crippen LogP contribution in [0.5, 0.6) is 0 Å². The normalized spacial score (nSPS) is 15.2. The molecule has 1 aromatic carbocycles. The summed E-state index contributed by atoms with van der Waals surface area (Å²) in [5, 5.41) is 4.03. The van der Waals surface area contributed by atoms with Crippen LogP contribution in [0.2, 0.25) is 0 Å². The number of oxazole rings is 1. The average Bonchev–Trinajstić information content (AvgIpc) is 3.39. The van der Waals surface area contributed by atoms with Crippen molar-refractivity contribution < 1.29 is 9.21 Å². The van der Waals surface area contributed by atoms with Gasteiger partial charge in [-0.05, 0) is 0 Å². The Morgan fingerprint density at radius 1 is 1.11 bits per heavy atom. The maximum absolute atomic E-state index is 12.3. The monoisotopic (exact) mass is 366 g/mol. The first-order valence-electron chi connectivity index (χ1n) is 9.10. The van der Waals surface area contributed by atoms with E-state index in [1.54, 1.807) is 17.2 Å². The van der Waals surface area contributed by atoms with E-state index in [1.807, 2.05) is 35.2 Å². The maximum atomic E-state index is 12.3. The molecular weight excluding hydrogens is 344 g/mol. The summed E-state index contributed by atoms with van der Waals surface area (Å²) in [5.41, 5.74) is 1.03. The number of carbonyl (C=O) groups is 1. The van der Waals surface area contributed by atoms with Crippen LogP contribution in [0, 0.1) is 0 Å². The number of amides is 1. The lowest BCUT2D eigenvalue weighted by atomic mass is 10.2. The predicted molar refractivity (Wildman–Crippen MR) is 98.4 cm³/mol. The molecular formula is C19H22N6O2. The van der Waals surface area contributed by atoms with E-state index in [9.17, 15) is 4.79 Å². The number of carbonyl (C=O) groups excluding carboxylic acids is 1. The van der Waals surface area contributed by atoms with E-state index < -0.39 is 0 Å². The minimum Gasteiger partial charge on any atom is -0.439 e. The molecule has 1 aliphatic heterocycles. The maximum Gasteiger partial charge on any atom is 0.224 e. The van der Waals surface area contributed by atoms with Crippen molar-refractivity contribution in [3.05, 3.63) is 55.1 Å². The van der Waals surface area contributed by atoms with Crippen LogP contribution in [0.1, 0.15) is 12.3 Å². The molecule has 0 unspecified atom stereocenters. The standard InChI is InChI=1S/C19H22N6O2/c26-19(6-7-25-15-20-14-22-25)24-10-8-23(9-11-24)13-18-21-12-17(27-18)16-4-2-1-3-5-16/h1-5,12,14-15H,6-11,13H2. The van der Waals surface area contributed by atoms with Gasteiger partial charge in [-0.2, -0.15) is 5.10 Å². The SMILES string of the molecule is O=C(CCn1cncn1)N1CCN(Cc2ncc(-c3ccccc3)o2)CC1. The molecule has 0 N–H and O–H groups in total. The molecule has 0 bridgehead atoms. The van der Waals surface area contributed by atoms with Crippen molar-refractivity contribution in [1.82, 2.24) is 29.5 Å². The Bertz CT molecular complexity index is 853. The molecule has 1 fully saturated rings. The highest BCUT2D eigenvalue weighted by molar-refractivity contribution is 5.76. The number of rotatable bonds is 6. The third-order valence-corrected chi connectivity index (χ3v) is 4.72. The Kier molecular flexibility index (Phi) is 5.24. The molecule has 140 valence electrons. The summed E-state index contributed by atoms with van der Waals surface area (Å²) < 4.78 is 7.56. The Balaban J connectivity index is 1.25. The number of nitrogens with zero attached hydrogens (tertiary/aromatic N) is 6. The molecule has 1 saturated heterocycles. The number of aromatic nitrogens is 4. The van der Waals surface area contributed by atoms with Crippen molar-refractivity contribution in [2.75, 3.05) is 26.2 Å². The van der Waals surface area contributed by atoms with Crippen LogP contribution in [-0.2, 0) is 17.9 Å². The highest BCUT2D eigenvalue weighted by Crippen LogP contribution is 2.20. The molecule has 2 aromatic heterocycles. The topological polar surface area (TPSA) is 80.3 Å². The van der Waals surface area contributed by atoms with Gasteiger partial charge in [0.25, 0.3) is 0 Å². The Hall–Kier alpha value is -3.00. The van der Waals surface area contributed by atoms with Gasteiger partial charge in [-0.3, -0.25) is 14.4 Å². The summed E-state index contributed by atoms with van der Waals surface area (Å²) in [6, 6.07) is 9.96. The second-order valence-corrected chi connectivity index (χ2v) is 6.55. The molecule has 0 saturated carbocycles. The van der Waals surface area contributed by atoms with E-state index in [0.29, 0.717) is 25.4 Å². The van der Waals surface area contributed by atoms with E-state index in [-0.39, 0.29) is 5.91 Å². The zero-order chi connectivity index (χ0) is 18.5. The summed E-state index contributed by atoms with van der Waals surface area (Å²) in [4.78, 5) is 24.8. The van der Waals surface area contributed by atoms with Gasteiger partial charge in [-0.15, -0.1) is 0 Å². The fourth-order valence-corrected chi connectivity index (χ4v) is 3.18. The molecule has 0 atom stereocenters. The van der Waals surface area contributed by atoms with Gasteiger partial charge < -0.3 is 9.32 Å². The molecule has 0 spiro atoms. The molecule has 8 heteroatoms. The molecule has 0 radical (unpaired) electrons. The van der Waals surface area contributed by atoms with Crippen molar-refractivity contribution >= 4 is 5.91 Å². The zero-order valence-corrected chi connectivity index (χ0v) is 15.1. The van der Waals surface area contributed by atoms with E-state index in [2.05, 4.69) is 20.0 Å². The van der Waals surface area contributed by atoms with Crippen LogP contribution in [0.15, 0.2) is 53.6 Å². The highest BCUT2D eigenvalue weighted by atomic mass is 16.4. The number of aryl methyl sites for hydroxylation is 1. The lowest BCUT2D eigenvalue weighted by Crippen LogP contribution is -2.48. The summed E-state index contributed by atoms with van der Waals surface area (Å²) in [6.45, 7) is 4.31. The summed E-state index contributed by atoms with van der Waals surface area (Å²) >= 11 is 0. The third kappa shape index (κ3) is 4.40. The average molecular weight is 366 g/mol. The van der Waals surface area contributed by atoms with Crippen LogP contribution < -0.4 is 0 Å². The number of hydrogen-bond acceptors (Lipinski definition) is 6. The fraction of sp³-hybridized carbons (Fsp3) is 0.368. The second kappa shape index (κ2) is 8.13. The lowest BCUT2D eigenvalue weighted by Gasteiger charge is -2.34. The minimum atomic E-state index is 0.160. The first-order valence-corrected chi connectivity index (χ1v) is 9.10. The van der Waals surface area contributed by atoms with Gasteiger partial charge in [0, 0.05) is 38.2 Å². The van der Waals surface area contributed by atoms with Gasteiger partial charge in [0.2, 0.25) is 11.8 Å². The van der Waals surface area contributed by atoms with Crippen LogP contribution in [-0.4, -0.2) is 61.6 Å². The van der Waals surface area contributed by atoms with E-state index >= 15 is 0 Å². The quantitative estimate of drug-likeness (QED) is 0.660. The molecule has 0 aliphatic carbocycles. The molecule has 1 aliphatic rings. The van der Waals surface area contributed by atoms with Crippen molar-refractivity contribution in [2.24, 2.45) is 0 Å². The van der Waals surface area contributed by atoms with Gasteiger partial charge in [0.1, 0.15) is 12.7 Å². The van der Waals surface area contributed by atoms with Crippen LogP contribution in [0.25, 0.3) is 11.3 Å². The van der Waals surface area contributed by atoms with Crippen molar-refractivity contribution in [1.29, 1.82) is 0 Å². The first-order chi connectivity index (χ1) is 13.3. The van der Waals surface area contributed by atoms with Gasteiger partial charge in [-0.25, -0.2) is 9.97 Å². The second-order valence-electron chi connectivity index (χ2n) is 6.55.